The predicted molar refractivity (Wildman–Crippen MR) is 102 cm³/mol. The number of H-pyrrole nitrogens is 1. The van der Waals surface area contributed by atoms with E-state index in [1.54, 1.807) is 24.3 Å². The standard InChI is InChI=1S/C19H21N3O3S/c1-19(2,3)14-6-8-15(9-7-14)22-26(24,25)16-10-4-13(5-11-16)18-17(23)12-20-21-18/h4-12,22-23H,1-3H3,(H,20,21). The number of aromatic hydroxyl groups is 1. The Morgan fingerprint density at radius 2 is 1.62 bits per heavy atom. The highest BCUT2D eigenvalue weighted by Crippen LogP contribution is 2.28. The van der Waals surface area contributed by atoms with Gasteiger partial charge in [-0.3, -0.25) is 9.82 Å². The molecule has 0 amide bonds. The number of nitrogens with zero attached hydrogens (tertiary/aromatic N) is 1. The van der Waals surface area contributed by atoms with Gasteiger partial charge in [0.25, 0.3) is 10.0 Å². The summed E-state index contributed by atoms with van der Waals surface area (Å²) in [5.41, 5.74) is 2.73. The number of benzene rings is 2. The Morgan fingerprint density at radius 1 is 1.00 bits per heavy atom. The zero-order valence-electron chi connectivity index (χ0n) is 14.8. The molecular weight excluding hydrogens is 350 g/mol. The summed E-state index contributed by atoms with van der Waals surface area (Å²) in [6.45, 7) is 6.31. The van der Waals surface area contributed by atoms with E-state index in [4.69, 9.17) is 0 Å². The third-order valence-electron chi connectivity index (χ3n) is 4.08. The van der Waals surface area contributed by atoms with E-state index < -0.39 is 10.0 Å². The Kier molecular flexibility index (Phi) is 4.50. The molecule has 0 saturated heterocycles. The van der Waals surface area contributed by atoms with E-state index in [1.807, 2.05) is 12.1 Å². The van der Waals surface area contributed by atoms with E-state index >= 15 is 0 Å². The van der Waals surface area contributed by atoms with Crippen molar-refractivity contribution >= 4 is 15.7 Å². The van der Waals surface area contributed by atoms with Crippen molar-refractivity contribution in [1.82, 2.24) is 10.2 Å². The lowest BCUT2D eigenvalue weighted by Crippen LogP contribution is -2.14. The van der Waals surface area contributed by atoms with Crippen molar-refractivity contribution in [1.29, 1.82) is 0 Å². The van der Waals surface area contributed by atoms with Crippen LogP contribution in [0.5, 0.6) is 5.75 Å². The molecule has 1 aromatic heterocycles. The number of aromatic nitrogens is 2. The van der Waals surface area contributed by atoms with Crippen LogP contribution in [-0.4, -0.2) is 23.7 Å². The molecule has 3 rings (SSSR count). The van der Waals surface area contributed by atoms with Crippen LogP contribution in [0, 0.1) is 0 Å². The molecule has 0 bridgehead atoms. The second-order valence-electron chi connectivity index (χ2n) is 7.09. The van der Waals surface area contributed by atoms with Gasteiger partial charge in [-0.15, -0.1) is 0 Å². The Labute approximate surface area is 153 Å². The molecule has 0 atom stereocenters. The molecule has 0 unspecified atom stereocenters. The Morgan fingerprint density at radius 3 is 2.12 bits per heavy atom. The minimum absolute atomic E-state index is 0.00543. The monoisotopic (exact) mass is 371 g/mol. The minimum atomic E-state index is -3.70. The zero-order valence-corrected chi connectivity index (χ0v) is 15.6. The summed E-state index contributed by atoms with van der Waals surface area (Å²) in [5.74, 6) is 0.0117. The normalized spacial score (nSPS) is 12.1. The van der Waals surface area contributed by atoms with Crippen molar-refractivity contribution in [3.63, 3.8) is 0 Å². The first kappa shape index (κ1) is 18.0. The summed E-state index contributed by atoms with van der Waals surface area (Å²) in [4.78, 5) is 0.139. The van der Waals surface area contributed by atoms with Crippen LogP contribution in [0.3, 0.4) is 0 Å². The van der Waals surface area contributed by atoms with Gasteiger partial charge in [-0.1, -0.05) is 45.0 Å². The minimum Gasteiger partial charge on any atom is -0.504 e. The summed E-state index contributed by atoms with van der Waals surface area (Å²) in [6, 6.07) is 13.6. The van der Waals surface area contributed by atoms with Crippen LogP contribution in [0.2, 0.25) is 0 Å². The van der Waals surface area contributed by atoms with Gasteiger partial charge in [-0.25, -0.2) is 8.42 Å². The van der Waals surface area contributed by atoms with E-state index in [0.29, 0.717) is 16.9 Å². The summed E-state index contributed by atoms with van der Waals surface area (Å²) in [7, 11) is -3.70. The van der Waals surface area contributed by atoms with Crippen LogP contribution in [0.25, 0.3) is 11.3 Å². The van der Waals surface area contributed by atoms with Crippen LogP contribution in [0.1, 0.15) is 26.3 Å². The number of anilines is 1. The lowest BCUT2D eigenvalue weighted by atomic mass is 9.87. The molecule has 1 heterocycles. The molecule has 0 spiro atoms. The molecule has 26 heavy (non-hydrogen) atoms. The molecule has 0 radical (unpaired) electrons. The first-order valence-corrected chi connectivity index (χ1v) is 9.61. The molecule has 7 heteroatoms. The van der Waals surface area contributed by atoms with Crippen LogP contribution in [0.4, 0.5) is 5.69 Å². The second kappa shape index (κ2) is 6.49. The number of rotatable bonds is 4. The van der Waals surface area contributed by atoms with E-state index in [-0.39, 0.29) is 16.1 Å². The Balaban J connectivity index is 1.81. The predicted octanol–water partition coefficient (Wildman–Crippen LogP) is 3.88. The Bertz CT molecular complexity index is 999. The maximum Gasteiger partial charge on any atom is 0.261 e. The fraction of sp³-hybridized carbons (Fsp3) is 0.211. The molecule has 3 N–H and O–H groups in total. The van der Waals surface area contributed by atoms with Crippen LogP contribution < -0.4 is 4.72 Å². The molecule has 6 nitrogen and oxygen atoms in total. The molecule has 0 saturated carbocycles. The van der Waals surface area contributed by atoms with Gasteiger partial charge in [-0.2, -0.15) is 5.10 Å². The van der Waals surface area contributed by atoms with Crippen molar-refractivity contribution in [2.45, 2.75) is 31.1 Å². The van der Waals surface area contributed by atoms with E-state index in [1.165, 1.54) is 18.3 Å². The second-order valence-corrected chi connectivity index (χ2v) is 8.77. The van der Waals surface area contributed by atoms with Crippen LogP contribution in [0.15, 0.2) is 59.6 Å². The van der Waals surface area contributed by atoms with Gasteiger partial charge >= 0.3 is 0 Å². The first-order chi connectivity index (χ1) is 12.2. The van der Waals surface area contributed by atoms with E-state index in [0.717, 1.165) is 5.56 Å². The number of hydrogen-bond acceptors (Lipinski definition) is 4. The van der Waals surface area contributed by atoms with Gasteiger partial charge in [-0.05, 0) is 35.2 Å². The van der Waals surface area contributed by atoms with Crippen molar-refractivity contribution in [3.05, 3.63) is 60.3 Å². The number of sulfonamides is 1. The SMILES string of the molecule is CC(C)(C)c1ccc(NS(=O)(=O)c2ccc(-c3[nH]ncc3O)cc2)cc1. The van der Waals surface area contributed by atoms with Gasteiger partial charge < -0.3 is 5.11 Å². The van der Waals surface area contributed by atoms with Gasteiger partial charge in [0.2, 0.25) is 0 Å². The van der Waals surface area contributed by atoms with Gasteiger partial charge in [0.15, 0.2) is 5.75 Å². The first-order valence-electron chi connectivity index (χ1n) is 8.13. The molecule has 3 aromatic rings. The van der Waals surface area contributed by atoms with Crippen molar-refractivity contribution in [3.8, 4) is 17.0 Å². The maximum atomic E-state index is 12.6. The Hall–Kier alpha value is -2.80. The van der Waals surface area contributed by atoms with Crippen molar-refractivity contribution in [2.75, 3.05) is 4.72 Å². The maximum absolute atomic E-state index is 12.6. The van der Waals surface area contributed by atoms with Gasteiger partial charge in [0.1, 0.15) is 5.69 Å². The average molecular weight is 371 g/mol. The molecule has 0 aliphatic heterocycles. The average Bonchev–Trinajstić information content (AvgIpc) is 3.00. The summed E-state index contributed by atoms with van der Waals surface area (Å²) >= 11 is 0. The van der Waals surface area contributed by atoms with Gasteiger partial charge in [0, 0.05) is 11.3 Å². The van der Waals surface area contributed by atoms with Crippen LogP contribution >= 0.6 is 0 Å². The molecule has 0 aliphatic rings. The molecule has 136 valence electrons. The molecule has 2 aromatic carbocycles. The third-order valence-corrected chi connectivity index (χ3v) is 5.47. The number of hydrogen-bond donors (Lipinski definition) is 3. The lowest BCUT2D eigenvalue weighted by Gasteiger charge is -2.19. The molecular formula is C19H21N3O3S. The summed E-state index contributed by atoms with van der Waals surface area (Å²) in [6.07, 6.45) is 1.29. The fourth-order valence-corrected chi connectivity index (χ4v) is 3.60. The highest BCUT2D eigenvalue weighted by atomic mass is 32.2. The topological polar surface area (TPSA) is 95.1 Å². The van der Waals surface area contributed by atoms with Gasteiger partial charge in [0.05, 0.1) is 11.1 Å². The molecule has 0 aliphatic carbocycles. The fourth-order valence-electron chi connectivity index (χ4n) is 2.55. The molecule has 0 fully saturated rings. The summed E-state index contributed by atoms with van der Waals surface area (Å²) in [5, 5.41) is 16.1. The highest BCUT2D eigenvalue weighted by molar-refractivity contribution is 7.92. The largest absolute Gasteiger partial charge is 0.504 e. The van der Waals surface area contributed by atoms with Crippen molar-refractivity contribution in [2.24, 2.45) is 0 Å². The summed E-state index contributed by atoms with van der Waals surface area (Å²) < 4.78 is 27.7. The lowest BCUT2D eigenvalue weighted by molar-refractivity contribution is 0.477. The highest BCUT2D eigenvalue weighted by Gasteiger charge is 2.17. The van der Waals surface area contributed by atoms with Crippen LogP contribution in [-0.2, 0) is 15.4 Å². The third kappa shape index (κ3) is 3.72. The number of nitrogens with one attached hydrogen (secondary N) is 2. The zero-order chi connectivity index (χ0) is 18.9. The quantitative estimate of drug-likeness (QED) is 0.648. The van der Waals surface area contributed by atoms with E-state index in [9.17, 15) is 13.5 Å². The van der Waals surface area contributed by atoms with E-state index in [2.05, 4.69) is 35.7 Å². The van der Waals surface area contributed by atoms with Crippen molar-refractivity contribution < 1.29 is 13.5 Å². The smallest absolute Gasteiger partial charge is 0.261 e. The number of aromatic amines is 1.